The van der Waals surface area contributed by atoms with Gasteiger partial charge in [-0.1, -0.05) is 23.4 Å². The lowest BCUT2D eigenvalue weighted by Crippen LogP contribution is -2.46. The Morgan fingerprint density at radius 1 is 1.09 bits per heavy atom. The molecule has 4 rings (SSSR count). The molecule has 1 aliphatic rings. The van der Waals surface area contributed by atoms with E-state index >= 15 is 0 Å². The zero-order valence-corrected chi connectivity index (χ0v) is 18.3. The molecule has 1 fully saturated rings. The maximum absolute atomic E-state index is 13.9. The van der Waals surface area contributed by atoms with Crippen molar-refractivity contribution in [3.05, 3.63) is 71.7 Å². The number of likely N-dealkylation sites (tertiary alicyclic amines) is 1. The average Bonchev–Trinajstić information content (AvgIpc) is 3.33. The van der Waals surface area contributed by atoms with E-state index in [0.29, 0.717) is 25.9 Å². The first-order valence-corrected chi connectivity index (χ1v) is 10.8. The zero-order chi connectivity index (χ0) is 25.0. The number of hydrogen-bond acceptors (Lipinski definition) is 5. The molecule has 0 bridgehead atoms. The van der Waals surface area contributed by atoms with Gasteiger partial charge in [-0.15, -0.1) is 0 Å². The van der Waals surface area contributed by atoms with Gasteiger partial charge in [0.25, 0.3) is 5.91 Å². The van der Waals surface area contributed by atoms with Crippen molar-refractivity contribution < 1.29 is 36.4 Å². The summed E-state index contributed by atoms with van der Waals surface area (Å²) >= 11 is 0. The van der Waals surface area contributed by atoms with Gasteiger partial charge in [0.2, 0.25) is 5.91 Å². The number of nitrogens with zero attached hydrogens (tertiary/aromatic N) is 2. The lowest BCUT2D eigenvalue weighted by Gasteiger charge is -2.32. The topological polar surface area (TPSA) is 84.7 Å². The molecule has 1 saturated heterocycles. The molecule has 7 nitrogen and oxygen atoms in total. The molecule has 2 heterocycles. The van der Waals surface area contributed by atoms with E-state index in [2.05, 4.69) is 10.5 Å². The summed E-state index contributed by atoms with van der Waals surface area (Å²) in [6.07, 6.45) is -3.91. The number of halogens is 4. The summed E-state index contributed by atoms with van der Waals surface area (Å²) in [5.74, 6) is -1.28. The molecule has 2 amide bonds. The Hall–Kier alpha value is -3.89. The molecule has 0 atom stereocenters. The van der Waals surface area contributed by atoms with Crippen LogP contribution in [0.2, 0.25) is 0 Å². The van der Waals surface area contributed by atoms with Crippen LogP contribution < -0.4 is 10.1 Å². The van der Waals surface area contributed by atoms with Gasteiger partial charge in [-0.25, -0.2) is 4.39 Å². The number of carbonyl (C=O) groups excluding carboxylic acids is 2. The van der Waals surface area contributed by atoms with Gasteiger partial charge in [-0.05, 0) is 30.3 Å². The first-order chi connectivity index (χ1) is 16.7. The van der Waals surface area contributed by atoms with Crippen molar-refractivity contribution >= 4 is 11.8 Å². The summed E-state index contributed by atoms with van der Waals surface area (Å²) < 4.78 is 63.2. The second kappa shape index (κ2) is 10.2. The van der Waals surface area contributed by atoms with Gasteiger partial charge < -0.3 is 19.5 Å². The highest BCUT2D eigenvalue weighted by Crippen LogP contribution is 2.32. The molecule has 0 spiro atoms. The number of aromatic nitrogens is 1. The monoisotopic (exact) mass is 491 g/mol. The molecule has 1 N–H and O–H groups in total. The molecule has 3 aromatic rings. The third-order valence-electron chi connectivity index (χ3n) is 5.54. The molecular weight excluding hydrogens is 470 g/mol. The van der Waals surface area contributed by atoms with Crippen molar-refractivity contribution in [2.75, 3.05) is 19.6 Å². The normalized spacial score (nSPS) is 14.6. The van der Waals surface area contributed by atoms with Crippen LogP contribution in [0.25, 0.3) is 11.3 Å². The lowest BCUT2D eigenvalue weighted by atomic mass is 10.1. The standard InChI is InChI=1S/C24H21F4N3O4/c25-19-7-2-1-6-18(19)21-13-20(30-35-21)23(33)29-14-22(32)31-10-8-16(9-11-31)34-17-5-3-4-15(12-17)24(26,27)28/h1-7,12-13,16H,8-11,14H2,(H,29,33). The Morgan fingerprint density at radius 3 is 2.54 bits per heavy atom. The van der Waals surface area contributed by atoms with Gasteiger partial charge in [0, 0.05) is 32.0 Å². The minimum Gasteiger partial charge on any atom is -0.490 e. The van der Waals surface area contributed by atoms with Crippen LogP contribution in [0.4, 0.5) is 17.6 Å². The minimum absolute atomic E-state index is 0.0856. The molecule has 0 saturated carbocycles. The van der Waals surface area contributed by atoms with E-state index < -0.39 is 23.5 Å². The van der Waals surface area contributed by atoms with E-state index in [-0.39, 0.29) is 41.3 Å². The van der Waals surface area contributed by atoms with Crippen molar-refractivity contribution in [3.63, 3.8) is 0 Å². The molecule has 1 aromatic heterocycles. The highest BCUT2D eigenvalue weighted by molar-refractivity contribution is 5.95. The maximum atomic E-state index is 13.9. The Balaban J connectivity index is 1.25. The fourth-order valence-electron chi connectivity index (χ4n) is 3.69. The third kappa shape index (κ3) is 5.97. The van der Waals surface area contributed by atoms with Gasteiger partial charge in [0.05, 0.1) is 17.7 Å². The van der Waals surface area contributed by atoms with Crippen LogP contribution >= 0.6 is 0 Å². The number of amides is 2. The van der Waals surface area contributed by atoms with Gasteiger partial charge >= 0.3 is 6.18 Å². The highest BCUT2D eigenvalue weighted by atomic mass is 19.4. The first-order valence-electron chi connectivity index (χ1n) is 10.8. The number of rotatable bonds is 6. The summed E-state index contributed by atoms with van der Waals surface area (Å²) in [6, 6.07) is 11.8. The van der Waals surface area contributed by atoms with E-state index in [1.807, 2.05) is 0 Å². The summed E-state index contributed by atoms with van der Waals surface area (Å²) in [4.78, 5) is 26.3. The number of hydrogen-bond donors (Lipinski definition) is 1. The number of alkyl halides is 3. The lowest BCUT2D eigenvalue weighted by molar-refractivity contribution is -0.138. The number of carbonyl (C=O) groups is 2. The molecular formula is C24H21F4N3O4. The number of nitrogens with one attached hydrogen (secondary N) is 1. The summed E-state index contributed by atoms with van der Waals surface area (Å²) in [5, 5.41) is 6.09. The van der Waals surface area contributed by atoms with Crippen LogP contribution in [0, 0.1) is 5.82 Å². The van der Waals surface area contributed by atoms with Crippen molar-refractivity contribution in [2.24, 2.45) is 0 Å². The van der Waals surface area contributed by atoms with E-state index in [1.54, 1.807) is 11.0 Å². The Labute approximate surface area is 197 Å². The molecule has 1 aliphatic heterocycles. The fraction of sp³-hybridized carbons (Fsp3) is 0.292. The summed E-state index contributed by atoms with van der Waals surface area (Å²) in [6.45, 7) is 0.388. The van der Waals surface area contributed by atoms with Crippen LogP contribution in [0.15, 0.2) is 59.1 Å². The van der Waals surface area contributed by atoms with Gasteiger partial charge in [0.15, 0.2) is 11.5 Å². The maximum Gasteiger partial charge on any atom is 0.416 e. The Kier molecular flexibility index (Phi) is 7.04. The Bertz CT molecular complexity index is 1200. The molecule has 35 heavy (non-hydrogen) atoms. The fourth-order valence-corrected chi connectivity index (χ4v) is 3.69. The van der Waals surface area contributed by atoms with Crippen molar-refractivity contribution in [1.82, 2.24) is 15.4 Å². The van der Waals surface area contributed by atoms with Crippen LogP contribution in [-0.4, -0.2) is 47.6 Å². The smallest absolute Gasteiger partial charge is 0.416 e. The Morgan fingerprint density at radius 2 is 1.83 bits per heavy atom. The van der Waals surface area contributed by atoms with Crippen LogP contribution in [-0.2, 0) is 11.0 Å². The predicted octanol–water partition coefficient (Wildman–Crippen LogP) is 4.30. The molecule has 0 aliphatic carbocycles. The predicted molar refractivity (Wildman–Crippen MR) is 116 cm³/mol. The van der Waals surface area contributed by atoms with E-state index in [4.69, 9.17) is 9.26 Å². The quantitative estimate of drug-likeness (QED) is 0.520. The summed E-state index contributed by atoms with van der Waals surface area (Å²) in [5.41, 5.74) is -0.721. The largest absolute Gasteiger partial charge is 0.490 e. The highest BCUT2D eigenvalue weighted by Gasteiger charge is 2.31. The average molecular weight is 491 g/mol. The minimum atomic E-state index is -4.45. The van der Waals surface area contributed by atoms with Crippen molar-refractivity contribution in [1.29, 1.82) is 0 Å². The van der Waals surface area contributed by atoms with E-state index in [1.165, 1.54) is 36.4 Å². The molecule has 2 aromatic carbocycles. The number of benzene rings is 2. The van der Waals surface area contributed by atoms with Crippen molar-refractivity contribution in [3.8, 4) is 17.1 Å². The molecule has 11 heteroatoms. The van der Waals surface area contributed by atoms with Crippen LogP contribution in [0.5, 0.6) is 5.75 Å². The zero-order valence-electron chi connectivity index (χ0n) is 18.3. The van der Waals surface area contributed by atoms with E-state index in [0.717, 1.165) is 12.1 Å². The van der Waals surface area contributed by atoms with Crippen molar-refractivity contribution in [2.45, 2.75) is 25.1 Å². The molecule has 184 valence electrons. The third-order valence-corrected chi connectivity index (χ3v) is 5.54. The van der Waals surface area contributed by atoms with Gasteiger partial charge in [-0.2, -0.15) is 13.2 Å². The van der Waals surface area contributed by atoms with E-state index in [9.17, 15) is 27.2 Å². The number of piperidine rings is 1. The molecule has 0 radical (unpaired) electrons. The van der Waals surface area contributed by atoms with Crippen LogP contribution in [0.1, 0.15) is 28.9 Å². The number of ether oxygens (including phenoxy) is 1. The van der Waals surface area contributed by atoms with Gasteiger partial charge in [0.1, 0.15) is 17.7 Å². The molecule has 0 unspecified atom stereocenters. The SMILES string of the molecule is O=C(NCC(=O)N1CCC(Oc2cccc(C(F)(F)F)c2)CC1)c1cc(-c2ccccc2F)on1. The van der Waals surface area contributed by atoms with Crippen LogP contribution in [0.3, 0.4) is 0 Å². The van der Waals surface area contributed by atoms with Gasteiger partial charge in [-0.3, -0.25) is 9.59 Å². The summed E-state index contributed by atoms with van der Waals surface area (Å²) in [7, 11) is 0. The second-order valence-electron chi connectivity index (χ2n) is 7.96. The second-order valence-corrected chi connectivity index (χ2v) is 7.96. The first kappa shape index (κ1) is 24.2.